The number of hydrogen-bond donors (Lipinski definition) is 2. The Morgan fingerprint density at radius 3 is 2.50 bits per heavy atom. The summed E-state index contributed by atoms with van der Waals surface area (Å²) < 4.78 is 1.10. The molecule has 0 aromatic heterocycles. The van der Waals surface area contributed by atoms with Crippen molar-refractivity contribution in [1.29, 1.82) is 0 Å². The molecule has 0 radical (unpaired) electrons. The first-order valence-electron chi connectivity index (χ1n) is 4.87. The van der Waals surface area contributed by atoms with Crippen molar-refractivity contribution < 1.29 is 5.11 Å². The first-order valence-corrected chi connectivity index (χ1v) is 5.67. The van der Waals surface area contributed by atoms with Crippen molar-refractivity contribution in [2.45, 2.75) is 19.4 Å². The van der Waals surface area contributed by atoms with Gasteiger partial charge in [-0.1, -0.05) is 35.0 Å². The van der Waals surface area contributed by atoms with Gasteiger partial charge in [-0.15, -0.1) is 0 Å². The number of aliphatic hydroxyl groups excluding tert-OH is 1. The lowest BCUT2D eigenvalue weighted by atomic mass is 10.1. The number of hydrogen-bond acceptors (Lipinski definition) is 2. The highest BCUT2D eigenvalue weighted by molar-refractivity contribution is 9.10. The predicted molar refractivity (Wildman–Crippen MR) is 62.3 cm³/mol. The van der Waals surface area contributed by atoms with Gasteiger partial charge in [0.1, 0.15) is 0 Å². The van der Waals surface area contributed by atoms with Gasteiger partial charge in [0.25, 0.3) is 0 Å². The summed E-state index contributed by atoms with van der Waals surface area (Å²) in [7, 11) is 0. The van der Waals surface area contributed by atoms with E-state index in [4.69, 9.17) is 5.11 Å². The minimum Gasteiger partial charge on any atom is -0.395 e. The van der Waals surface area contributed by atoms with Gasteiger partial charge in [-0.3, -0.25) is 0 Å². The molecule has 1 atom stereocenters. The van der Waals surface area contributed by atoms with Crippen LogP contribution in [0.15, 0.2) is 28.7 Å². The fourth-order valence-electron chi connectivity index (χ4n) is 1.43. The molecule has 0 saturated heterocycles. The number of rotatable bonds is 5. The summed E-state index contributed by atoms with van der Waals surface area (Å²) >= 11 is 3.41. The molecule has 0 bridgehead atoms. The van der Waals surface area contributed by atoms with Crippen molar-refractivity contribution in [2.24, 2.45) is 0 Å². The Bertz CT molecular complexity index is 260. The Labute approximate surface area is 93.5 Å². The summed E-state index contributed by atoms with van der Waals surface area (Å²) in [4.78, 5) is 0. The quantitative estimate of drug-likeness (QED) is 0.850. The fraction of sp³-hybridized carbons (Fsp3) is 0.455. The molecule has 0 heterocycles. The van der Waals surface area contributed by atoms with E-state index in [0.29, 0.717) is 12.6 Å². The lowest BCUT2D eigenvalue weighted by Crippen LogP contribution is -2.23. The zero-order valence-electron chi connectivity index (χ0n) is 8.33. The van der Waals surface area contributed by atoms with E-state index in [0.717, 1.165) is 10.9 Å². The van der Waals surface area contributed by atoms with Crippen molar-refractivity contribution in [1.82, 2.24) is 5.32 Å². The topological polar surface area (TPSA) is 32.3 Å². The molecular weight excluding hydrogens is 242 g/mol. The van der Waals surface area contributed by atoms with E-state index >= 15 is 0 Å². The van der Waals surface area contributed by atoms with Crippen LogP contribution in [0.1, 0.15) is 24.9 Å². The molecule has 78 valence electrons. The normalized spacial score (nSPS) is 12.8. The minimum absolute atomic E-state index is 0.188. The first-order chi connectivity index (χ1) is 6.77. The van der Waals surface area contributed by atoms with Gasteiger partial charge >= 0.3 is 0 Å². The van der Waals surface area contributed by atoms with Gasteiger partial charge in [0, 0.05) is 17.1 Å². The number of benzene rings is 1. The number of nitrogens with one attached hydrogen (secondary N) is 1. The van der Waals surface area contributed by atoms with Crippen LogP contribution in [0.3, 0.4) is 0 Å². The highest BCUT2D eigenvalue weighted by atomic mass is 79.9. The third-order valence-electron chi connectivity index (χ3n) is 2.18. The monoisotopic (exact) mass is 257 g/mol. The molecule has 0 amide bonds. The maximum absolute atomic E-state index is 8.73. The van der Waals surface area contributed by atoms with E-state index in [2.05, 4.69) is 40.3 Å². The van der Waals surface area contributed by atoms with Gasteiger partial charge in [0.15, 0.2) is 0 Å². The maximum Gasteiger partial charge on any atom is 0.0556 e. The second-order valence-electron chi connectivity index (χ2n) is 3.19. The van der Waals surface area contributed by atoms with Crippen LogP contribution in [0.25, 0.3) is 0 Å². The molecule has 0 spiro atoms. The molecule has 2 N–H and O–H groups in total. The third-order valence-corrected chi connectivity index (χ3v) is 2.71. The summed E-state index contributed by atoms with van der Waals surface area (Å²) in [6.45, 7) is 2.97. The second-order valence-corrected chi connectivity index (χ2v) is 4.11. The third kappa shape index (κ3) is 3.40. The van der Waals surface area contributed by atoms with E-state index < -0.39 is 0 Å². The van der Waals surface area contributed by atoms with Crippen LogP contribution in [0.5, 0.6) is 0 Å². The Morgan fingerprint density at radius 2 is 2.00 bits per heavy atom. The van der Waals surface area contributed by atoms with E-state index in [1.807, 2.05) is 12.1 Å². The molecule has 1 rings (SSSR count). The molecule has 0 aliphatic carbocycles. The van der Waals surface area contributed by atoms with E-state index in [1.165, 1.54) is 5.56 Å². The first kappa shape index (κ1) is 11.7. The summed E-state index contributed by atoms with van der Waals surface area (Å²) in [6, 6.07) is 8.62. The maximum atomic E-state index is 8.73. The summed E-state index contributed by atoms with van der Waals surface area (Å²) in [6.07, 6.45) is 1.03. The standard InChI is InChI=1S/C11H16BrNO/c1-2-11(13-7-8-14)9-3-5-10(12)6-4-9/h3-6,11,13-14H,2,7-8H2,1H3/t11-/m1/s1. The average Bonchev–Trinajstić information content (AvgIpc) is 2.21. The Balaban J connectivity index is 2.64. The van der Waals surface area contributed by atoms with Crippen LogP contribution in [-0.2, 0) is 0 Å². The number of halogens is 1. The highest BCUT2D eigenvalue weighted by Gasteiger charge is 2.06. The second kappa shape index (κ2) is 6.17. The van der Waals surface area contributed by atoms with Crippen molar-refractivity contribution in [3.05, 3.63) is 34.3 Å². The zero-order chi connectivity index (χ0) is 10.4. The van der Waals surface area contributed by atoms with Crippen LogP contribution in [0.4, 0.5) is 0 Å². The zero-order valence-corrected chi connectivity index (χ0v) is 9.92. The fourth-order valence-corrected chi connectivity index (χ4v) is 1.70. The van der Waals surface area contributed by atoms with Gasteiger partial charge < -0.3 is 10.4 Å². The van der Waals surface area contributed by atoms with Crippen LogP contribution in [0.2, 0.25) is 0 Å². The molecule has 0 fully saturated rings. The van der Waals surface area contributed by atoms with Crippen molar-refractivity contribution >= 4 is 15.9 Å². The molecular formula is C11H16BrNO. The summed E-state index contributed by atoms with van der Waals surface area (Å²) in [5.74, 6) is 0. The van der Waals surface area contributed by atoms with Crippen molar-refractivity contribution in [2.75, 3.05) is 13.2 Å². The van der Waals surface area contributed by atoms with Crippen molar-refractivity contribution in [3.63, 3.8) is 0 Å². The van der Waals surface area contributed by atoms with E-state index in [-0.39, 0.29) is 6.61 Å². The molecule has 1 aromatic rings. The van der Waals surface area contributed by atoms with Gasteiger partial charge in [-0.25, -0.2) is 0 Å². The summed E-state index contributed by atoms with van der Waals surface area (Å²) in [5.41, 5.74) is 1.27. The molecule has 14 heavy (non-hydrogen) atoms. The van der Waals surface area contributed by atoms with Gasteiger partial charge in [-0.2, -0.15) is 0 Å². The summed E-state index contributed by atoms with van der Waals surface area (Å²) in [5, 5.41) is 12.0. The molecule has 0 aliphatic heterocycles. The van der Waals surface area contributed by atoms with Crippen LogP contribution in [-0.4, -0.2) is 18.3 Å². The lowest BCUT2D eigenvalue weighted by molar-refractivity contribution is 0.283. The Hall–Kier alpha value is -0.380. The minimum atomic E-state index is 0.188. The molecule has 2 nitrogen and oxygen atoms in total. The van der Waals surface area contributed by atoms with Crippen LogP contribution >= 0.6 is 15.9 Å². The molecule has 0 saturated carbocycles. The van der Waals surface area contributed by atoms with Crippen molar-refractivity contribution in [3.8, 4) is 0 Å². The highest BCUT2D eigenvalue weighted by Crippen LogP contribution is 2.18. The lowest BCUT2D eigenvalue weighted by Gasteiger charge is -2.16. The van der Waals surface area contributed by atoms with Crippen LogP contribution in [0, 0.1) is 0 Å². The molecule has 0 unspecified atom stereocenters. The Morgan fingerprint density at radius 1 is 1.36 bits per heavy atom. The van der Waals surface area contributed by atoms with E-state index in [1.54, 1.807) is 0 Å². The van der Waals surface area contributed by atoms with Gasteiger partial charge in [0.2, 0.25) is 0 Å². The molecule has 3 heteroatoms. The average molecular weight is 258 g/mol. The predicted octanol–water partition coefficient (Wildman–Crippen LogP) is 2.48. The number of aliphatic hydroxyl groups is 1. The molecule has 1 aromatic carbocycles. The largest absolute Gasteiger partial charge is 0.395 e. The van der Waals surface area contributed by atoms with Crippen LogP contribution < -0.4 is 5.32 Å². The molecule has 0 aliphatic rings. The SMILES string of the molecule is CC[C@@H](NCCO)c1ccc(Br)cc1. The Kier molecular flexibility index (Phi) is 5.15. The van der Waals surface area contributed by atoms with Gasteiger partial charge in [-0.05, 0) is 24.1 Å². The van der Waals surface area contributed by atoms with Gasteiger partial charge in [0.05, 0.1) is 6.61 Å². The smallest absolute Gasteiger partial charge is 0.0556 e. The van der Waals surface area contributed by atoms with E-state index in [9.17, 15) is 0 Å².